The molecule has 2 saturated heterocycles. The Labute approximate surface area is 203 Å². The number of rotatable bonds is 8. The Morgan fingerprint density at radius 2 is 1.74 bits per heavy atom. The van der Waals surface area contributed by atoms with E-state index >= 15 is 0 Å². The van der Waals surface area contributed by atoms with Crippen molar-refractivity contribution in [1.82, 2.24) is 4.90 Å². The lowest BCUT2D eigenvalue weighted by Gasteiger charge is -2.35. The number of aliphatic hydroxyl groups excluding tert-OH is 1. The van der Waals surface area contributed by atoms with Crippen LogP contribution in [0.2, 0.25) is 6.32 Å². The Bertz CT molecular complexity index is 846. The van der Waals surface area contributed by atoms with Crippen LogP contribution in [0.3, 0.4) is 0 Å². The van der Waals surface area contributed by atoms with Crippen LogP contribution < -0.4 is 0 Å². The summed E-state index contributed by atoms with van der Waals surface area (Å²) in [5.74, 6) is -0.801. The summed E-state index contributed by atoms with van der Waals surface area (Å²) in [6.07, 6.45) is 1.34. The maximum absolute atomic E-state index is 13.0. The van der Waals surface area contributed by atoms with Crippen molar-refractivity contribution < 1.29 is 33.5 Å². The van der Waals surface area contributed by atoms with E-state index in [0.29, 0.717) is 19.2 Å². The van der Waals surface area contributed by atoms with Gasteiger partial charge in [-0.05, 0) is 46.0 Å². The second kappa shape index (κ2) is 10.3. The van der Waals surface area contributed by atoms with E-state index < -0.39 is 34.7 Å². The van der Waals surface area contributed by atoms with Crippen molar-refractivity contribution in [2.45, 2.75) is 77.6 Å². The van der Waals surface area contributed by atoms with Crippen molar-refractivity contribution in [2.75, 3.05) is 20.3 Å². The zero-order valence-corrected chi connectivity index (χ0v) is 21.2. The summed E-state index contributed by atoms with van der Waals surface area (Å²) in [4.78, 5) is 27.3. The number of benzene rings is 1. The molecule has 0 radical (unpaired) electrons. The first kappa shape index (κ1) is 26.5. The number of nitrogens with zero attached hydrogens (tertiary/aromatic N) is 1. The van der Waals surface area contributed by atoms with Gasteiger partial charge in [0.15, 0.2) is 0 Å². The largest absolute Gasteiger partial charge is 0.467 e. The molecule has 1 N–H and O–H groups in total. The monoisotopic (exact) mass is 475 g/mol. The number of amides is 1. The van der Waals surface area contributed by atoms with Crippen LogP contribution in [-0.2, 0) is 30.2 Å². The molecule has 0 aromatic heterocycles. The Balaban J connectivity index is 1.69. The maximum atomic E-state index is 13.0. The Kier molecular flexibility index (Phi) is 8.00. The van der Waals surface area contributed by atoms with Gasteiger partial charge in [0.1, 0.15) is 12.6 Å². The minimum absolute atomic E-state index is 0.104. The minimum atomic E-state index is -0.851. The Morgan fingerprint density at radius 3 is 2.29 bits per heavy atom. The summed E-state index contributed by atoms with van der Waals surface area (Å²) in [6, 6.07) is 8.51. The van der Waals surface area contributed by atoms with Gasteiger partial charge in [0.05, 0.1) is 18.3 Å². The molecule has 0 saturated carbocycles. The average molecular weight is 475 g/mol. The van der Waals surface area contributed by atoms with E-state index in [2.05, 4.69) is 0 Å². The van der Waals surface area contributed by atoms with Crippen molar-refractivity contribution in [3.05, 3.63) is 35.9 Å². The fourth-order valence-electron chi connectivity index (χ4n) is 4.96. The molecule has 2 heterocycles. The van der Waals surface area contributed by atoms with Crippen LogP contribution in [0.5, 0.6) is 0 Å². The first-order valence-corrected chi connectivity index (χ1v) is 12.0. The first-order valence-electron chi connectivity index (χ1n) is 12.0. The molecule has 1 aromatic carbocycles. The lowest BCUT2D eigenvalue weighted by Crippen LogP contribution is -2.48. The predicted octanol–water partition coefficient (Wildman–Crippen LogP) is 3.67. The van der Waals surface area contributed by atoms with Gasteiger partial charge in [-0.15, -0.1) is 0 Å². The highest BCUT2D eigenvalue weighted by molar-refractivity contribution is 6.45. The topological polar surface area (TPSA) is 94.5 Å². The second-order valence-electron chi connectivity index (χ2n) is 10.6. The van der Waals surface area contributed by atoms with E-state index in [-0.39, 0.29) is 32.8 Å². The summed E-state index contributed by atoms with van der Waals surface area (Å²) >= 11 is 0. The molecule has 34 heavy (non-hydrogen) atoms. The molecule has 188 valence electrons. The van der Waals surface area contributed by atoms with E-state index in [1.165, 1.54) is 12.0 Å². The van der Waals surface area contributed by atoms with E-state index in [9.17, 15) is 14.7 Å². The van der Waals surface area contributed by atoms with Crippen molar-refractivity contribution in [3.8, 4) is 0 Å². The molecule has 8 nitrogen and oxygen atoms in total. The van der Waals surface area contributed by atoms with Crippen molar-refractivity contribution >= 4 is 19.2 Å². The molecule has 2 fully saturated rings. The summed E-state index contributed by atoms with van der Waals surface area (Å²) in [7, 11) is 0.971. The molecule has 2 aliphatic rings. The smallest absolute Gasteiger partial charge is 0.457 e. The molecule has 0 aliphatic carbocycles. The second-order valence-corrected chi connectivity index (χ2v) is 10.6. The summed E-state index contributed by atoms with van der Waals surface area (Å²) in [5, 5.41) is 10.1. The zero-order valence-electron chi connectivity index (χ0n) is 21.2. The van der Waals surface area contributed by atoms with Gasteiger partial charge >= 0.3 is 19.2 Å². The van der Waals surface area contributed by atoms with Gasteiger partial charge in [-0.1, -0.05) is 43.7 Å². The molecule has 9 heteroatoms. The molecule has 3 rings (SSSR count). The van der Waals surface area contributed by atoms with E-state index in [1.54, 1.807) is 0 Å². The van der Waals surface area contributed by atoms with Gasteiger partial charge in [-0.2, -0.15) is 0 Å². The molecule has 3 unspecified atom stereocenters. The Morgan fingerprint density at radius 1 is 1.12 bits per heavy atom. The molecular formula is C25H38BNO7. The molecule has 1 amide bonds. The van der Waals surface area contributed by atoms with Gasteiger partial charge in [-0.25, -0.2) is 9.59 Å². The lowest BCUT2D eigenvalue weighted by molar-refractivity contribution is -0.149. The number of hydrogen-bond donors (Lipinski definition) is 1. The third kappa shape index (κ3) is 5.26. The van der Waals surface area contributed by atoms with Gasteiger partial charge in [0.2, 0.25) is 0 Å². The zero-order chi connectivity index (χ0) is 25.1. The van der Waals surface area contributed by atoms with Gasteiger partial charge in [0.25, 0.3) is 0 Å². The van der Waals surface area contributed by atoms with E-state index in [4.69, 9.17) is 18.8 Å². The van der Waals surface area contributed by atoms with E-state index in [0.717, 1.165) is 5.56 Å². The number of carbonyl (C=O) groups excluding carboxylic acids is 2. The van der Waals surface area contributed by atoms with Crippen LogP contribution in [-0.4, -0.2) is 66.7 Å². The lowest BCUT2D eigenvalue weighted by atomic mass is 9.69. The number of ether oxygens (including phenoxy) is 2. The number of methoxy groups -OCH3 is 1. The average Bonchev–Trinajstić information content (AvgIpc) is 3.20. The number of carbonyl (C=O) groups is 2. The normalized spacial score (nSPS) is 27.6. The van der Waals surface area contributed by atoms with Gasteiger partial charge in [-0.3, -0.25) is 4.90 Å². The summed E-state index contributed by atoms with van der Waals surface area (Å²) in [5.41, 5.74) is -0.641. The molecule has 0 bridgehead atoms. The van der Waals surface area contributed by atoms with Crippen molar-refractivity contribution in [2.24, 2.45) is 11.3 Å². The third-order valence-electron chi connectivity index (χ3n) is 7.83. The van der Waals surface area contributed by atoms with Crippen molar-refractivity contribution in [1.29, 1.82) is 0 Å². The first-order chi connectivity index (χ1) is 15.9. The quantitative estimate of drug-likeness (QED) is 0.453. The van der Waals surface area contributed by atoms with Crippen molar-refractivity contribution in [3.63, 3.8) is 0 Å². The van der Waals surface area contributed by atoms with Crippen LogP contribution in [0.15, 0.2) is 30.3 Å². The number of likely N-dealkylation sites (tertiary alicyclic amines) is 1. The SMILES string of the molecule is COC(=O)C1N(C(=O)OCc2ccccc2)CC(CO)C1(C)CCCB1OC(C)(C)C(C)(C)O1. The third-order valence-corrected chi connectivity index (χ3v) is 7.83. The van der Waals surface area contributed by atoms with Gasteiger partial charge < -0.3 is 23.9 Å². The van der Waals surface area contributed by atoms with Crippen LogP contribution in [0, 0.1) is 11.3 Å². The Hall–Kier alpha value is -2.10. The van der Waals surface area contributed by atoms with Crippen LogP contribution in [0.25, 0.3) is 0 Å². The molecule has 3 atom stereocenters. The highest BCUT2D eigenvalue weighted by Gasteiger charge is 2.57. The number of esters is 1. The summed E-state index contributed by atoms with van der Waals surface area (Å²) in [6.45, 7) is 10.2. The van der Waals surface area contributed by atoms with E-state index in [1.807, 2.05) is 65.0 Å². The number of aliphatic hydroxyl groups is 1. The molecule has 2 aliphatic heterocycles. The standard InChI is InChI=1S/C25H38BNO7/c1-23(2)24(3,4)34-26(33-23)14-10-13-25(5)19(16-28)15-27(20(25)21(29)31-6)22(30)32-17-18-11-8-7-9-12-18/h7-9,11-12,19-20,28H,10,13-17H2,1-6H3. The molecule has 1 aromatic rings. The van der Waals surface area contributed by atoms with Crippen LogP contribution in [0.4, 0.5) is 4.79 Å². The van der Waals surface area contributed by atoms with Crippen LogP contribution >= 0.6 is 0 Å². The fourth-order valence-corrected chi connectivity index (χ4v) is 4.96. The predicted molar refractivity (Wildman–Crippen MR) is 128 cm³/mol. The molecular weight excluding hydrogens is 437 g/mol. The number of hydrogen-bond acceptors (Lipinski definition) is 7. The van der Waals surface area contributed by atoms with Crippen LogP contribution in [0.1, 0.15) is 53.0 Å². The maximum Gasteiger partial charge on any atom is 0.457 e. The minimum Gasteiger partial charge on any atom is -0.467 e. The van der Waals surface area contributed by atoms with Gasteiger partial charge in [0, 0.05) is 24.5 Å². The molecule has 0 spiro atoms. The highest BCUT2D eigenvalue weighted by Crippen LogP contribution is 2.47. The highest BCUT2D eigenvalue weighted by atomic mass is 16.7. The fraction of sp³-hybridized carbons (Fsp3) is 0.680. The summed E-state index contributed by atoms with van der Waals surface area (Å²) < 4.78 is 22.8.